The Morgan fingerprint density at radius 1 is 1.19 bits per heavy atom. The third-order valence-electron chi connectivity index (χ3n) is 5.02. The lowest BCUT2D eigenvalue weighted by Crippen LogP contribution is -2.35. The number of aryl methyl sites for hydroxylation is 1. The Bertz CT molecular complexity index is 657. The number of aliphatic hydroxyl groups is 1. The fraction of sp³-hybridized carbons (Fsp3) is 0.519. The highest BCUT2D eigenvalue weighted by molar-refractivity contribution is 5.75. The standard InChI is InChI=1S/C23H32N2O.C2H6O.C2H6/c1-4-9-23(24-20(3)26)18-19(2)22-13-16-25(17-14-22)15-8-12-21-10-6-5-7-11-21;1-2-3;1-2/h4-7,9-11,18,22H,1,8,12-17H2,2-3H3,(H,24,26);3H,2H2,1H3;1-2H3/b19-18+,23-9+;;. The maximum atomic E-state index is 11.3. The van der Waals surface area contributed by atoms with Gasteiger partial charge in [-0.1, -0.05) is 62.4 Å². The van der Waals surface area contributed by atoms with Crippen LogP contribution in [0.3, 0.4) is 0 Å². The second-order valence-corrected chi connectivity index (χ2v) is 7.45. The first-order chi connectivity index (χ1) is 15.0. The lowest BCUT2D eigenvalue weighted by Gasteiger charge is -2.32. The fourth-order valence-corrected chi connectivity index (χ4v) is 3.58. The molecule has 1 saturated heterocycles. The molecule has 0 atom stereocenters. The van der Waals surface area contributed by atoms with E-state index < -0.39 is 0 Å². The van der Waals surface area contributed by atoms with Gasteiger partial charge in [-0.3, -0.25) is 4.79 Å². The molecule has 4 heteroatoms. The van der Waals surface area contributed by atoms with Crippen molar-refractivity contribution in [3.63, 3.8) is 0 Å². The number of amides is 1. The van der Waals surface area contributed by atoms with E-state index in [1.165, 1.54) is 43.9 Å². The van der Waals surface area contributed by atoms with Crippen molar-refractivity contribution in [2.75, 3.05) is 26.2 Å². The summed E-state index contributed by atoms with van der Waals surface area (Å²) in [6.07, 6.45) is 10.4. The van der Waals surface area contributed by atoms with E-state index in [-0.39, 0.29) is 12.5 Å². The van der Waals surface area contributed by atoms with Crippen LogP contribution >= 0.6 is 0 Å². The van der Waals surface area contributed by atoms with E-state index in [2.05, 4.69) is 60.1 Å². The van der Waals surface area contributed by atoms with E-state index in [9.17, 15) is 4.79 Å². The summed E-state index contributed by atoms with van der Waals surface area (Å²) in [5, 5.41) is 10.4. The number of nitrogens with zero attached hydrogens (tertiary/aromatic N) is 1. The van der Waals surface area contributed by atoms with Crippen LogP contribution in [0.15, 0.2) is 66.4 Å². The number of benzene rings is 1. The van der Waals surface area contributed by atoms with Gasteiger partial charge >= 0.3 is 0 Å². The van der Waals surface area contributed by atoms with Gasteiger partial charge in [0, 0.05) is 19.2 Å². The average Bonchev–Trinajstić information content (AvgIpc) is 2.77. The molecule has 4 nitrogen and oxygen atoms in total. The summed E-state index contributed by atoms with van der Waals surface area (Å²) in [6, 6.07) is 10.7. The molecule has 0 unspecified atom stereocenters. The van der Waals surface area contributed by atoms with Crippen LogP contribution in [0, 0.1) is 5.92 Å². The van der Waals surface area contributed by atoms with E-state index in [0.29, 0.717) is 5.92 Å². The summed E-state index contributed by atoms with van der Waals surface area (Å²) in [5.74, 6) is 0.553. The predicted molar refractivity (Wildman–Crippen MR) is 134 cm³/mol. The highest BCUT2D eigenvalue weighted by Crippen LogP contribution is 2.25. The molecular formula is C27H44N2O2. The number of nitrogens with one attached hydrogen (secondary N) is 1. The Hall–Kier alpha value is -2.17. The maximum absolute atomic E-state index is 11.3. The largest absolute Gasteiger partial charge is 0.397 e. The number of likely N-dealkylation sites (tertiary alicyclic amines) is 1. The first-order valence-electron chi connectivity index (χ1n) is 11.7. The Labute approximate surface area is 190 Å². The van der Waals surface area contributed by atoms with Gasteiger partial charge in [0.15, 0.2) is 0 Å². The lowest BCUT2D eigenvalue weighted by atomic mass is 9.89. The minimum absolute atomic E-state index is 0.0459. The van der Waals surface area contributed by atoms with Crippen molar-refractivity contribution in [3.8, 4) is 0 Å². The molecule has 0 radical (unpaired) electrons. The smallest absolute Gasteiger partial charge is 0.221 e. The van der Waals surface area contributed by atoms with E-state index >= 15 is 0 Å². The topological polar surface area (TPSA) is 52.6 Å². The second-order valence-electron chi connectivity index (χ2n) is 7.45. The molecule has 1 amide bonds. The SMILES string of the molecule is C=C/C=C(\C=C(/C)C1CCN(CCCc2ccccc2)CC1)NC(C)=O.CC.CCO. The number of piperidine rings is 1. The molecule has 1 aromatic rings. The van der Waals surface area contributed by atoms with Gasteiger partial charge in [0.05, 0.1) is 0 Å². The number of hydrogen-bond donors (Lipinski definition) is 2. The molecule has 2 N–H and O–H groups in total. The summed E-state index contributed by atoms with van der Waals surface area (Å²) in [4.78, 5) is 13.9. The average molecular weight is 429 g/mol. The summed E-state index contributed by atoms with van der Waals surface area (Å²) in [5.41, 5.74) is 3.60. The summed E-state index contributed by atoms with van der Waals surface area (Å²) in [6.45, 7) is 16.9. The molecule has 0 saturated carbocycles. The third kappa shape index (κ3) is 13.7. The molecule has 1 aliphatic heterocycles. The first kappa shape index (κ1) is 28.8. The Balaban J connectivity index is 0.00000165. The molecule has 1 aliphatic rings. The number of carbonyl (C=O) groups excluding carboxylic acids is 1. The van der Waals surface area contributed by atoms with Gasteiger partial charge < -0.3 is 15.3 Å². The maximum Gasteiger partial charge on any atom is 0.221 e. The number of carbonyl (C=O) groups is 1. The van der Waals surface area contributed by atoms with Gasteiger partial charge in [-0.15, -0.1) is 0 Å². The molecule has 1 heterocycles. The van der Waals surface area contributed by atoms with Crippen LogP contribution in [0.1, 0.15) is 59.4 Å². The van der Waals surface area contributed by atoms with Crippen molar-refractivity contribution in [2.45, 2.75) is 60.3 Å². The highest BCUT2D eigenvalue weighted by Gasteiger charge is 2.20. The van der Waals surface area contributed by atoms with Crippen molar-refractivity contribution in [2.24, 2.45) is 5.92 Å². The zero-order valence-electron chi connectivity index (χ0n) is 20.4. The number of allylic oxidation sites excluding steroid dienone is 4. The number of hydrogen-bond acceptors (Lipinski definition) is 3. The minimum Gasteiger partial charge on any atom is -0.397 e. The van der Waals surface area contributed by atoms with Crippen molar-refractivity contribution < 1.29 is 9.90 Å². The van der Waals surface area contributed by atoms with Crippen LogP contribution in [0.2, 0.25) is 0 Å². The molecule has 0 aliphatic carbocycles. The second kappa shape index (κ2) is 18.6. The molecule has 31 heavy (non-hydrogen) atoms. The first-order valence-corrected chi connectivity index (χ1v) is 11.7. The van der Waals surface area contributed by atoms with E-state index in [1.54, 1.807) is 13.0 Å². The van der Waals surface area contributed by atoms with Crippen LogP contribution in [-0.2, 0) is 11.2 Å². The van der Waals surface area contributed by atoms with E-state index in [1.807, 2.05) is 19.9 Å². The Kier molecular flexibility index (Phi) is 17.3. The molecule has 1 fully saturated rings. The molecule has 2 rings (SSSR count). The zero-order chi connectivity index (χ0) is 23.5. The van der Waals surface area contributed by atoms with Crippen molar-refractivity contribution in [3.05, 3.63) is 72.0 Å². The molecule has 0 aromatic heterocycles. The van der Waals surface area contributed by atoms with Gasteiger partial charge in [0.25, 0.3) is 0 Å². The highest BCUT2D eigenvalue weighted by atomic mass is 16.2. The number of aliphatic hydroxyl groups excluding tert-OH is 1. The molecule has 1 aromatic carbocycles. The van der Waals surface area contributed by atoms with Gasteiger partial charge in [-0.2, -0.15) is 0 Å². The van der Waals surface area contributed by atoms with Gasteiger partial charge in [-0.25, -0.2) is 0 Å². The summed E-state index contributed by atoms with van der Waals surface area (Å²) < 4.78 is 0. The normalized spacial score (nSPS) is 15.2. The Morgan fingerprint density at radius 2 is 1.77 bits per heavy atom. The Morgan fingerprint density at radius 3 is 2.29 bits per heavy atom. The van der Waals surface area contributed by atoms with E-state index in [4.69, 9.17) is 5.11 Å². The zero-order valence-corrected chi connectivity index (χ0v) is 20.4. The lowest BCUT2D eigenvalue weighted by molar-refractivity contribution is -0.118. The molecule has 0 bridgehead atoms. The monoisotopic (exact) mass is 428 g/mol. The predicted octanol–water partition coefficient (Wildman–Crippen LogP) is 5.51. The van der Waals surface area contributed by atoms with Crippen LogP contribution in [0.25, 0.3) is 0 Å². The third-order valence-corrected chi connectivity index (χ3v) is 5.02. The van der Waals surface area contributed by atoms with Crippen molar-refractivity contribution in [1.29, 1.82) is 0 Å². The van der Waals surface area contributed by atoms with Gasteiger partial charge in [0.2, 0.25) is 5.91 Å². The molecule has 174 valence electrons. The van der Waals surface area contributed by atoms with Gasteiger partial charge in [0.1, 0.15) is 0 Å². The quantitative estimate of drug-likeness (QED) is 0.537. The summed E-state index contributed by atoms with van der Waals surface area (Å²) >= 11 is 0. The fourth-order valence-electron chi connectivity index (χ4n) is 3.58. The van der Waals surface area contributed by atoms with Crippen LogP contribution in [-0.4, -0.2) is 42.2 Å². The molecular weight excluding hydrogens is 384 g/mol. The minimum atomic E-state index is -0.0459. The van der Waals surface area contributed by atoms with Crippen LogP contribution in [0.5, 0.6) is 0 Å². The van der Waals surface area contributed by atoms with E-state index in [0.717, 1.165) is 25.2 Å². The van der Waals surface area contributed by atoms with Crippen molar-refractivity contribution >= 4 is 5.91 Å². The van der Waals surface area contributed by atoms with Crippen LogP contribution < -0.4 is 5.32 Å². The number of rotatable bonds is 8. The molecule has 0 spiro atoms. The summed E-state index contributed by atoms with van der Waals surface area (Å²) in [7, 11) is 0. The van der Waals surface area contributed by atoms with Crippen LogP contribution in [0.4, 0.5) is 0 Å². The van der Waals surface area contributed by atoms with Gasteiger partial charge in [-0.05, 0) is 82.8 Å². The van der Waals surface area contributed by atoms with Crippen molar-refractivity contribution in [1.82, 2.24) is 10.2 Å².